The average molecular weight is 298 g/mol. The van der Waals surface area contributed by atoms with Gasteiger partial charge >= 0.3 is 0 Å². The van der Waals surface area contributed by atoms with Gasteiger partial charge in [-0.1, -0.05) is 24.3 Å². The van der Waals surface area contributed by atoms with Crippen LogP contribution in [0.1, 0.15) is 41.9 Å². The fraction of sp³-hybridized carbons (Fsp3) is 0.529. The van der Waals surface area contributed by atoms with Crippen molar-refractivity contribution in [1.82, 2.24) is 19.7 Å². The van der Waals surface area contributed by atoms with Crippen LogP contribution in [0.3, 0.4) is 0 Å². The van der Waals surface area contributed by atoms with Crippen molar-refractivity contribution in [3.63, 3.8) is 0 Å². The molecule has 1 aromatic carbocycles. The van der Waals surface area contributed by atoms with E-state index in [1.807, 2.05) is 11.6 Å². The standard InChI is InChI=1S/C17H22N4O/c1-20-12-18-19-17(20)16-11-21(9-10-22-16)15-8-4-6-13-5-2-3-7-14(13)15/h2-3,5,7,12,15-16H,4,6,8-11H2,1H3/t15-,16-/m1/s1. The highest BCUT2D eigenvalue weighted by molar-refractivity contribution is 5.32. The number of benzene rings is 1. The van der Waals surface area contributed by atoms with E-state index < -0.39 is 0 Å². The second-order valence-electron chi connectivity index (χ2n) is 6.26. The summed E-state index contributed by atoms with van der Waals surface area (Å²) in [6, 6.07) is 9.42. The van der Waals surface area contributed by atoms with E-state index in [1.54, 1.807) is 6.33 Å². The fourth-order valence-corrected chi connectivity index (χ4v) is 3.80. The van der Waals surface area contributed by atoms with E-state index in [4.69, 9.17) is 4.74 Å². The van der Waals surface area contributed by atoms with Gasteiger partial charge in [0.1, 0.15) is 12.4 Å². The Hall–Kier alpha value is -1.72. The third-order valence-corrected chi connectivity index (χ3v) is 4.91. The molecular weight excluding hydrogens is 276 g/mol. The predicted molar refractivity (Wildman–Crippen MR) is 83.4 cm³/mol. The van der Waals surface area contributed by atoms with Crippen molar-refractivity contribution in [2.24, 2.45) is 7.05 Å². The first-order valence-electron chi connectivity index (χ1n) is 8.10. The van der Waals surface area contributed by atoms with Gasteiger partial charge in [0, 0.05) is 26.2 Å². The van der Waals surface area contributed by atoms with E-state index in [0.717, 1.165) is 25.5 Å². The second kappa shape index (κ2) is 5.82. The van der Waals surface area contributed by atoms with Gasteiger partial charge in [0.15, 0.2) is 5.82 Å². The first-order valence-corrected chi connectivity index (χ1v) is 8.10. The van der Waals surface area contributed by atoms with Crippen molar-refractivity contribution in [3.05, 3.63) is 47.5 Å². The number of fused-ring (bicyclic) bond motifs is 1. The Kier molecular flexibility index (Phi) is 3.68. The highest BCUT2D eigenvalue weighted by atomic mass is 16.5. The second-order valence-corrected chi connectivity index (χ2v) is 6.26. The summed E-state index contributed by atoms with van der Waals surface area (Å²) >= 11 is 0. The van der Waals surface area contributed by atoms with Crippen LogP contribution < -0.4 is 0 Å². The molecule has 0 bridgehead atoms. The summed E-state index contributed by atoms with van der Waals surface area (Å²) in [6.45, 7) is 2.65. The molecule has 2 aromatic rings. The maximum atomic E-state index is 5.95. The lowest BCUT2D eigenvalue weighted by molar-refractivity contribution is -0.0530. The molecule has 116 valence electrons. The zero-order valence-electron chi connectivity index (χ0n) is 13.0. The number of aryl methyl sites for hydroxylation is 2. The summed E-state index contributed by atoms with van der Waals surface area (Å²) in [5.74, 6) is 0.925. The number of morpholine rings is 1. The van der Waals surface area contributed by atoms with Crippen LogP contribution in [0.25, 0.3) is 0 Å². The minimum Gasteiger partial charge on any atom is -0.368 e. The molecule has 22 heavy (non-hydrogen) atoms. The van der Waals surface area contributed by atoms with Gasteiger partial charge in [-0.05, 0) is 30.4 Å². The van der Waals surface area contributed by atoms with Gasteiger partial charge in [-0.2, -0.15) is 0 Å². The summed E-state index contributed by atoms with van der Waals surface area (Å²) in [6.07, 6.45) is 5.49. The summed E-state index contributed by atoms with van der Waals surface area (Å²) in [5.41, 5.74) is 3.02. The highest BCUT2D eigenvalue weighted by Crippen LogP contribution is 2.36. The van der Waals surface area contributed by atoms with Crippen molar-refractivity contribution in [2.75, 3.05) is 19.7 Å². The van der Waals surface area contributed by atoms with Crippen LogP contribution in [-0.4, -0.2) is 39.4 Å². The molecule has 5 nitrogen and oxygen atoms in total. The molecule has 1 saturated heterocycles. The maximum Gasteiger partial charge on any atom is 0.163 e. The van der Waals surface area contributed by atoms with Gasteiger partial charge in [0.05, 0.1) is 6.61 Å². The fourth-order valence-electron chi connectivity index (χ4n) is 3.80. The van der Waals surface area contributed by atoms with E-state index in [0.29, 0.717) is 6.04 Å². The van der Waals surface area contributed by atoms with E-state index in [-0.39, 0.29) is 6.10 Å². The topological polar surface area (TPSA) is 43.2 Å². The van der Waals surface area contributed by atoms with Gasteiger partial charge in [-0.25, -0.2) is 0 Å². The molecule has 1 fully saturated rings. The normalized spacial score (nSPS) is 25.9. The maximum absolute atomic E-state index is 5.95. The Morgan fingerprint density at radius 3 is 3.05 bits per heavy atom. The molecule has 1 aliphatic carbocycles. The lowest BCUT2D eigenvalue weighted by Crippen LogP contribution is -2.42. The van der Waals surface area contributed by atoms with Crippen molar-refractivity contribution in [2.45, 2.75) is 31.4 Å². The molecule has 2 atom stereocenters. The highest BCUT2D eigenvalue weighted by Gasteiger charge is 2.32. The van der Waals surface area contributed by atoms with Crippen LogP contribution in [0, 0.1) is 0 Å². The van der Waals surface area contributed by atoms with Crippen LogP contribution in [-0.2, 0) is 18.2 Å². The summed E-state index contributed by atoms with van der Waals surface area (Å²) < 4.78 is 7.91. The molecule has 1 aliphatic heterocycles. The molecule has 5 heteroatoms. The summed E-state index contributed by atoms with van der Waals surface area (Å²) in [7, 11) is 1.98. The number of aromatic nitrogens is 3. The lowest BCUT2D eigenvalue weighted by Gasteiger charge is -2.40. The molecule has 0 N–H and O–H groups in total. The Morgan fingerprint density at radius 1 is 1.27 bits per heavy atom. The first kappa shape index (κ1) is 13.9. The van der Waals surface area contributed by atoms with Gasteiger partial charge in [0.25, 0.3) is 0 Å². The van der Waals surface area contributed by atoms with Crippen LogP contribution in [0.2, 0.25) is 0 Å². The molecule has 2 aliphatic rings. The average Bonchev–Trinajstić information content (AvgIpc) is 3.00. The van der Waals surface area contributed by atoms with Gasteiger partial charge in [-0.15, -0.1) is 10.2 Å². The lowest BCUT2D eigenvalue weighted by atomic mass is 9.86. The number of nitrogens with zero attached hydrogens (tertiary/aromatic N) is 4. The Balaban J connectivity index is 1.57. The number of rotatable bonds is 2. The van der Waals surface area contributed by atoms with Gasteiger partial charge in [0.2, 0.25) is 0 Å². The van der Waals surface area contributed by atoms with E-state index in [2.05, 4.69) is 39.4 Å². The first-order chi connectivity index (χ1) is 10.8. The van der Waals surface area contributed by atoms with Crippen LogP contribution >= 0.6 is 0 Å². The SMILES string of the molecule is Cn1cnnc1[C@H]1CN([C@@H]2CCCc3ccccc32)CCO1. The minimum atomic E-state index is 0.0235. The van der Waals surface area contributed by atoms with Gasteiger partial charge in [-0.3, -0.25) is 4.90 Å². The zero-order valence-corrected chi connectivity index (χ0v) is 13.0. The number of hydrogen-bond acceptors (Lipinski definition) is 4. The largest absolute Gasteiger partial charge is 0.368 e. The number of ether oxygens (including phenoxy) is 1. The minimum absolute atomic E-state index is 0.0235. The van der Waals surface area contributed by atoms with E-state index in [1.165, 1.54) is 30.4 Å². The zero-order chi connectivity index (χ0) is 14.9. The quantitative estimate of drug-likeness (QED) is 0.853. The van der Waals surface area contributed by atoms with Crippen LogP contribution in [0.4, 0.5) is 0 Å². The monoisotopic (exact) mass is 298 g/mol. The predicted octanol–water partition coefficient (Wildman–Crippen LogP) is 2.27. The van der Waals surface area contributed by atoms with E-state index in [9.17, 15) is 0 Å². The van der Waals surface area contributed by atoms with Crippen molar-refractivity contribution in [3.8, 4) is 0 Å². The van der Waals surface area contributed by atoms with E-state index >= 15 is 0 Å². The third kappa shape index (κ3) is 2.44. The van der Waals surface area contributed by atoms with Gasteiger partial charge < -0.3 is 9.30 Å². The van der Waals surface area contributed by atoms with Crippen molar-refractivity contribution in [1.29, 1.82) is 0 Å². The molecule has 0 unspecified atom stereocenters. The summed E-state index contributed by atoms with van der Waals surface area (Å²) in [5, 5.41) is 8.21. The molecule has 0 spiro atoms. The van der Waals surface area contributed by atoms with Crippen LogP contribution in [0.15, 0.2) is 30.6 Å². The Morgan fingerprint density at radius 2 is 2.18 bits per heavy atom. The smallest absolute Gasteiger partial charge is 0.163 e. The Bertz CT molecular complexity index is 654. The van der Waals surface area contributed by atoms with Crippen LogP contribution in [0.5, 0.6) is 0 Å². The van der Waals surface area contributed by atoms with Crippen molar-refractivity contribution < 1.29 is 4.74 Å². The molecule has 4 rings (SSSR count). The molecule has 2 heterocycles. The third-order valence-electron chi connectivity index (χ3n) is 4.91. The molecule has 1 aromatic heterocycles. The molecular formula is C17H22N4O. The van der Waals surface area contributed by atoms with Crippen molar-refractivity contribution >= 4 is 0 Å². The summed E-state index contributed by atoms with van der Waals surface area (Å²) in [4.78, 5) is 2.57. The number of hydrogen-bond donors (Lipinski definition) is 0. The Labute approximate surface area is 130 Å². The molecule has 0 saturated carbocycles. The molecule has 0 amide bonds. The molecule has 0 radical (unpaired) electrons.